The molecule has 2 rings (SSSR count). The molecule has 2 aliphatic rings. The van der Waals surface area contributed by atoms with Crippen molar-refractivity contribution in [3.63, 3.8) is 0 Å². The molecule has 2 heterocycles. The van der Waals surface area contributed by atoms with Gasteiger partial charge in [0.05, 0.1) is 26.4 Å². The summed E-state index contributed by atoms with van der Waals surface area (Å²) < 4.78 is 34.5. The summed E-state index contributed by atoms with van der Waals surface area (Å²) in [5.41, 5.74) is 0. The maximum absolute atomic E-state index is 13.1. The van der Waals surface area contributed by atoms with Crippen molar-refractivity contribution >= 4 is 5.97 Å². The van der Waals surface area contributed by atoms with Crippen LogP contribution in [0.2, 0.25) is 0 Å². The number of rotatable bonds is 55. The fraction of sp³-hybridized carbons (Fsp3) is 0.812. The Balaban J connectivity index is 1.66. The van der Waals surface area contributed by atoms with Crippen LogP contribution in [-0.2, 0) is 33.2 Å². The van der Waals surface area contributed by atoms with Crippen molar-refractivity contribution in [1.29, 1.82) is 0 Å². The normalized spacial score (nSPS) is 23.9. The molecule has 0 amide bonds. The molecule has 482 valence electrons. The second-order valence-corrected chi connectivity index (χ2v) is 23.3. The summed E-state index contributed by atoms with van der Waals surface area (Å²) in [6.45, 7) is 3.59. The highest BCUT2D eigenvalue weighted by Gasteiger charge is 2.47. The van der Waals surface area contributed by atoms with E-state index in [1.807, 2.05) is 0 Å². The number of esters is 1. The molecule has 11 unspecified atom stereocenters. The van der Waals surface area contributed by atoms with E-state index in [0.29, 0.717) is 13.0 Å². The topological polar surface area (TPSA) is 214 Å². The van der Waals surface area contributed by atoms with Crippen molar-refractivity contribution in [2.24, 2.45) is 0 Å². The summed E-state index contributed by atoms with van der Waals surface area (Å²) >= 11 is 0. The minimum absolute atomic E-state index is 0.0576. The van der Waals surface area contributed by atoms with Crippen LogP contribution in [0.15, 0.2) is 72.9 Å². The average Bonchev–Trinajstić information content (AvgIpc) is 3.67. The Hall–Kier alpha value is -2.57. The van der Waals surface area contributed by atoms with Crippen molar-refractivity contribution in [3.8, 4) is 0 Å². The van der Waals surface area contributed by atoms with Gasteiger partial charge in [0.1, 0.15) is 54.9 Å². The number of hydrogen-bond donors (Lipinski definition) is 7. The molecule has 0 aromatic rings. The molecular formula is C69H122O14. The van der Waals surface area contributed by atoms with E-state index < -0.39 is 80.7 Å². The second kappa shape index (κ2) is 54.8. The molecule has 0 saturated carbocycles. The smallest absolute Gasteiger partial charge is 0.306 e. The van der Waals surface area contributed by atoms with Gasteiger partial charge in [0.15, 0.2) is 12.6 Å². The van der Waals surface area contributed by atoms with Crippen LogP contribution in [0.25, 0.3) is 0 Å². The highest BCUT2D eigenvalue weighted by molar-refractivity contribution is 5.69. The Morgan fingerprint density at radius 2 is 0.783 bits per heavy atom. The lowest BCUT2D eigenvalue weighted by molar-refractivity contribution is -0.332. The number of ether oxygens (including phenoxy) is 6. The third kappa shape index (κ3) is 40.5. The molecule has 0 bridgehead atoms. The van der Waals surface area contributed by atoms with Crippen LogP contribution in [-0.4, -0.2) is 142 Å². The Morgan fingerprint density at radius 3 is 1.23 bits per heavy atom. The van der Waals surface area contributed by atoms with Crippen LogP contribution < -0.4 is 0 Å². The summed E-state index contributed by atoms with van der Waals surface area (Å²) in [6.07, 6.45) is 55.4. The van der Waals surface area contributed by atoms with E-state index in [-0.39, 0.29) is 25.6 Å². The second-order valence-electron chi connectivity index (χ2n) is 23.3. The van der Waals surface area contributed by atoms with Gasteiger partial charge in [0, 0.05) is 13.0 Å². The Morgan fingerprint density at radius 1 is 0.410 bits per heavy atom. The SMILES string of the molecule is CC/C=C\C/C=C\C/C=C\C/C=C\CCCCCCCCCCCCCOCC(COC1OC(COC2OC(CO)C(O)C(O)C2O)C(O)C(O)C1O)OC(=O)CCCCCCCCCCCCCCC/C=C\C/C=C\CCCCCCC. The molecule has 0 aliphatic carbocycles. The predicted molar refractivity (Wildman–Crippen MR) is 335 cm³/mol. The lowest BCUT2D eigenvalue weighted by Gasteiger charge is -2.42. The maximum atomic E-state index is 13.1. The zero-order valence-corrected chi connectivity index (χ0v) is 52.2. The maximum Gasteiger partial charge on any atom is 0.306 e. The van der Waals surface area contributed by atoms with Gasteiger partial charge in [0.2, 0.25) is 0 Å². The Kier molecular flexibility index (Phi) is 50.5. The number of unbranched alkanes of at least 4 members (excludes halogenated alkanes) is 29. The molecule has 2 saturated heterocycles. The molecule has 0 spiro atoms. The van der Waals surface area contributed by atoms with Crippen LogP contribution in [0.3, 0.4) is 0 Å². The molecule has 14 heteroatoms. The molecular weight excluding hydrogens is 1050 g/mol. The van der Waals surface area contributed by atoms with Gasteiger partial charge in [-0.2, -0.15) is 0 Å². The Bertz CT molecular complexity index is 1650. The van der Waals surface area contributed by atoms with E-state index in [1.54, 1.807) is 0 Å². The molecule has 0 aromatic heterocycles. The lowest BCUT2D eigenvalue weighted by Crippen LogP contribution is -2.61. The number of carbonyl (C=O) groups is 1. The molecule has 0 aromatic carbocycles. The molecule has 2 fully saturated rings. The van der Waals surface area contributed by atoms with Crippen molar-refractivity contribution in [1.82, 2.24) is 0 Å². The zero-order chi connectivity index (χ0) is 60.1. The van der Waals surface area contributed by atoms with E-state index in [2.05, 4.69) is 86.8 Å². The number of hydrogen-bond acceptors (Lipinski definition) is 14. The number of carbonyl (C=O) groups excluding carboxylic acids is 1. The van der Waals surface area contributed by atoms with E-state index >= 15 is 0 Å². The summed E-state index contributed by atoms with van der Waals surface area (Å²) in [4.78, 5) is 13.1. The highest BCUT2D eigenvalue weighted by Crippen LogP contribution is 2.27. The summed E-state index contributed by atoms with van der Waals surface area (Å²) in [5, 5.41) is 72.6. The van der Waals surface area contributed by atoms with E-state index in [4.69, 9.17) is 28.4 Å². The first-order valence-electron chi connectivity index (χ1n) is 33.5. The van der Waals surface area contributed by atoms with Gasteiger partial charge in [-0.1, -0.05) is 241 Å². The number of aliphatic hydroxyl groups excluding tert-OH is 7. The van der Waals surface area contributed by atoms with E-state index in [9.17, 15) is 40.5 Å². The fourth-order valence-corrected chi connectivity index (χ4v) is 10.4. The summed E-state index contributed by atoms with van der Waals surface area (Å²) in [6, 6.07) is 0. The first-order valence-corrected chi connectivity index (χ1v) is 33.5. The van der Waals surface area contributed by atoms with Gasteiger partial charge in [0.25, 0.3) is 0 Å². The van der Waals surface area contributed by atoms with Gasteiger partial charge in [-0.05, 0) is 83.5 Å². The molecule has 2 aliphatic heterocycles. The van der Waals surface area contributed by atoms with Crippen LogP contribution >= 0.6 is 0 Å². The van der Waals surface area contributed by atoms with Gasteiger partial charge < -0.3 is 64.2 Å². The minimum atomic E-state index is -1.71. The van der Waals surface area contributed by atoms with Crippen LogP contribution in [0.5, 0.6) is 0 Å². The van der Waals surface area contributed by atoms with Crippen LogP contribution in [0.4, 0.5) is 0 Å². The van der Waals surface area contributed by atoms with Crippen molar-refractivity contribution < 1.29 is 69.0 Å². The van der Waals surface area contributed by atoms with Crippen molar-refractivity contribution in [2.75, 3.05) is 33.0 Å². The first kappa shape index (κ1) is 76.5. The van der Waals surface area contributed by atoms with E-state index in [0.717, 1.165) is 77.0 Å². The summed E-state index contributed by atoms with van der Waals surface area (Å²) in [5.74, 6) is -0.376. The van der Waals surface area contributed by atoms with Crippen LogP contribution in [0, 0.1) is 0 Å². The van der Waals surface area contributed by atoms with Gasteiger partial charge >= 0.3 is 5.97 Å². The van der Waals surface area contributed by atoms with E-state index in [1.165, 1.54) is 154 Å². The van der Waals surface area contributed by atoms with Gasteiger partial charge in [-0.3, -0.25) is 4.79 Å². The zero-order valence-electron chi connectivity index (χ0n) is 52.2. The highest BCUT2D eigenvalue weighted by atomic mass is 16.7. The number of allylic oxidation sites excluding steroid dienone is 12. The quantitative estimate of drug-likeness (QED) is 0.0171. The third-order valence-electron chi connectivity index (χ3n) is 15.7. The van der Waals surface area contributed by atoms with Crippen molar-refractivity contribution in [2.45, 2.75) is 325 Å². The lowest BCUT2D eigenvalue weighted by atomic mass is 9.98. The number of aliphatic hydroxyl groups is 7. The standard InChI is InChI=1S/C69H122O14/c1-3-5-7-9-11-13-15-17-19-21-23-25-27-29-30-32-34-36-38-40-42-44-46-48-50-52-61(71)81-58(56-79-68-67(77)65(75)63(73)60(83-68)57-80-69-66(76)64(74)62(72)59(54-70)82-69)55-78-53-51-49-47-45-43-41-39-37-35-33-31-28-26-24-22-20-18-16-14-12-10-8-6-4-2/h6,8,12,14-15,17-18,20-21,23-24,26,58-60,62-70,72-77H,3-5,7,9-11,13,16,19,22,25,27-57H2,1-2H3/b8-6-,14-12-,17-15-,20-18-,23-21-,26-24-. The molecule has 83 heavy (non-hydrogen) atoms. The van der Waals surface area contributed by atoms with Gasteiger partial charge in [-0.25, -0.2) is 0 Å². The molecule has 14 nitrogen and oxygen atoms in total. The average molecular weight is 1180 g/mol. The molecule has 0 radical (unpaired) electrons. The fourth-order valence-electron chi connectivity index (χ4n) is 10.4. The molecule has 11 atom stereocenters. The molecule has 7 N–H and O–H groups in total. The Labute approximate surface area is 504 Å². The van der Waals surface area contributed by atoms with Gasteiger partial charge in [-0.15, -0.1) is 0 Å². The summed E-state index contributed by atoms with van der Waals surface area (Å²) in [7, 11) is 0. The monoisotopic (exact) mass is 1170 g/mol. The minimum Gasteiger partial charge on any atom is -0.457 e. The third-order valence-corrected chi connectivity index (χ3v) is 15.7. The van der Waals surface area contributed by atoms with Crippen molar-refractivity contribution in [3.05, 3.63) is 72.9 Å². The first-order chi connectivity index (χ1) is 40.6. The van der Waals surface area contributed by atoms with Crippen LogP contribution in [0.1, 0.15) is 258 Å². The largest absolute Gasteiger partial charge is 0.457 e. The predicted octanol–water partition coefficient (Wildman–Crippen LogP) is 13.8.